The monoisotopic (exact) mass is 302 g/mol. The number of halogens is 1. The minimum Gasteiger partial charge on any atom is -0.391 e. The van der Waals surface area contributed by atoms with Crippen molar-refractivity contribution in [3.8, 4) is 6.07 Å². The maximum Gasteiger partial charge on any atom is 0.242 e. The predicted octanol–water partition coefficient (Wildman–Crippen LogP) is 1.51. The summed E-state index contributed by atoms with van der Waals surface area (Å²) in [6, 6.07) is 5.80. The first-order chi connectivity index (χ1) is 8.77. The van der Waals surface area contributed by atoms with Crippen molar-refractivity contribution >= 4 is 21.6 Å². The van der Waals surface area contributed by atoms with Crippen molar-refractivity contribution in [2.45, 2.75) is 24.8 Å². The molecule has 104 valence electrons. The minimum absolute atomic E-state index is 0.0101. The predicted molar refractivity (Wildman–Crippen MR) is 72.2 cm³/mol. The first-order valence-corrected chi connectivity index (χ1v) is 7.51. The highest BCUT2D eigenvalue weighted by atomic mass is 35.5. The van der Waals surface area contributed by atoms with Gasteiger partial charge in [0.25, 0.3) is 0 Å². The van der Waals surface area contributed by atoms with Crippen molar-refractivity contribution in [3.63, 3.8) is 0 Å². The van der Waals surface area contributed by atoms with E-state index in [1.165, 1.54) is 18.2 Å². The zero-order valence-corrected chi connectivity index (χ0v) is 12.2. The maximum absolute atomic E-state index is 12.1. The number of rotatable bonds is 5. The number of nitriles is 1. The molecule has 19 heavy (non-hydrogen) atoms. The van der Waals surface area contributed by atoms with Crippen LogP contribution in [0.5, 0.6) is 0 Å². The lowest BCUT2D eigenvalue weighted by molar-refractivity contribution is 0.129. The number of nitrogens with zero attached hydrogens (tertiary/aromatic N) is 1. The van der Waals surface area contributed by atoms with Crippen LogP contribution in [0.2, 0.25) is 5.02 Å². The van der Waals surface area contributed by atoms with E-state index in [9.17, 15) is 13.5 Å². The Labute approximate surface area is 117 Å². The van der Waals surface area contributed by atoms with Crippen LogP contribution in [0.15, 0.2) is 23.1 Å². The summed E-state index contributed by atoms with van der Waals surface area (Å²) in [5.74, 6) is -0.0718. The molecule has 0 bridgehead atoms. The van der Waals surface area contributed by atoms with E-state index in [1.807, 2.05) is 0 Å². The Balaban J connectivity index is 3.01. The topological polar surface area (TPSA) is 90.2 Å². The second-order valence-electron chi connectivity index (χ2n) is 4.42. The quantitative estimate of drug-likeness (QED) is 0.862. The third-order valence-corrected chi connectivity index (χ3v) is 4.30. The van der Waals surface area contributed by atoms with Gasteiger partial charge in [-0.2, -0.15) is 5.26 Å². The minimum atomic E-state index is -3.87. The van der Waals surface area contributed by atoms with Crippen LogP contribution in [0, 0.1) is 17.2 Å². The number of sulfonamides is 1. The molecule has 0 saturated carbocycles. The van der Waals surface area contributed by atoms with Gasteiger partial charge in [-0.25, -0.2) is 13.1 Å². The summed E-state index contributed by atoms with van der Waals surface area (Å²) in [6.07, 6.45) is -0.792. The largest absolute Gasteiger partial charge is 0.391 e. The highest BCUT2D eigenvalue weighted by Crippen LogP contribution is 2.20. The lowest BCUT2D eigenvalue weighted by atomic mass is 10.1. The summed E-state index contributed by atoms with van der Waals surface area (Å²) in [6.45, 7) is 3.44. The Hall–Kier alpha value is -1.13. The van der Waals surface area contributed by atoms with Gasteiger partial charge >= 0.3 is 0 Å². The molecule has 0 heterocycles. The van der Waals surface area contributed by atoms with Crippen molar-refractivity contribution in [2.24, 2.45) is 5.92 Å². The fourth-order valence-corrected chi connectivity index (χ4v) is 2.79. The molecule has 2 N–H and O–H groups in total. The molecular formula is C12H15ClN2O3S. The van der Waals surface area contributed by atoms with Gasteiger partial charge in [0.2, 0.25) is 10.0 Å². The second kappa shape index (κ2) is 6.35. The normalized spacial score (nSPS) is 13.3. The number of aliphatic hydroxyl groups excluding tert-OH is 1. The molecule has 7 heteroatoms. The number of hydrogen-bond acceptors (Lipinski definition) is 4. The third kappa shape index (κ3) is 4.18. The standard InChI is InChI=1S/C12H15ClN2O3S/c1-8(2)11(16)7-15-19(17,18)12-5-10(13)4-3-9(12)6-14/h3-5,8,11,15-16H,7H2,1-2H3. The third-order valence-electron chi connectivity index (χ3n) is 2.61. The molecular weight excluding hydrogens is 288 g/mol. The maximum atomic E-state index is 12.1. The zero-order valence-electron chi connectivity index (χ0n) is 10.6. The molecule has 0 aromatic heterocycles. The van der Waals surface area contributed by atoms with Crippen molar-refractivity contribution in [2.75, 3.05) is 6.54 Å². The number of hydrogen-bond donors (Lipinski definition) is 2. The smallest absolute Gasteiger partial charge is 0.242 e. The molecule has 0 aliphatic rings. The zero-order chi connectivity index (χ0) is 14.6. The van der Waals surface area contributed by atoms with E-state index in [4.69, 9.17) is 16.9 Å². The van der Waals surface area contributed by atoms with Crippen LogP contribution in [-0.2, 0) is 10.0 Å². The molecule has 0 radical (unpaired) electrons. The summed E-state index contributed by atoms with van der Waals surface area (Å²) < 4.78 is 26.4. The highest BCUT2D eigenvalue weighted by Gasteiger charge is 2.21. The van der Waals surface area contributed by atoms with E-state index in [0.717, 1.165) is 0 Å². The second-order valence-corrected chi connectivity index (χ2v) is 6.59. The molecule has 1 aromatic rings. The Bertz CT molecular complexity index is 593. The Kier molecular flexibility index (Phi) is 5.32. The molecule has 0 saturated heterocycles. The van der Waals surface area contributed by atoms with E-state index in [-0.39, 0.29) is 27.9 Å². The van der Waals surface area contributed by atoms with E-state index in [1.54, 1.807) is 19.9 Å². The molecule has 1 unspecified atom stereocenters. The lowest BCUT2D eigenvalue weighted by Crippen LogP contribution is -2.35. The van der Waals surface area contributed by atoms with E-state index < -0.39 is 16.1 Å². The SMILES string of the molecule is CC(C)C(O)CNS(=O)(=O)c1cc(Cl)ccc1C#N. The fraction of sp³-hybridized carbons (Fsp3) is 0.417. The van der Waals surface area contributed by atoms with Crippen LogP contribution in [0.3, 0.4) is 0 Å². The Morgan fingerprint density at radius 1 is 1.47 bits per heavy atom. The van der Waals surface area contributed by atoms with Crippen LogP contribution in [-0.4, -0.2) is 26.2 Å². The summed E-state index contributed by atoms with van der Waals surface area (Å²) in [5, 5.41) is 18.7. The van der Waals surface area contributed by atoms with Crippen molar-refractivity contribution in [3.05, 3.63) is 28.8 Å². The first-order valence-electron chi connectivity index (χ1n) is 5.65. The Morgan fingerprint density at radius 3 is 2.63 bits per heavy atom. The van der Waals surface area contributed by atoms with Gasteiger partial charge in [-0.15, -0.1) is 0 Å². The van der Waals surface area contributed by atoms with Crippen LogP contribution in [0.1, 0.15) is 19.4 Å². The van der Waals surface area contributed by atoms with Gasteiger partial charge in [0.05, 0.1) is 11.7 Å². The van der Waals surface area contributed by atoms with Crippen molar-refractivity contribution in [1.82, 2.24) is 4.72 Å². The fourth-order valence-electron chi connectivity index (χ4n) is 1.32. The van der Waals surface area contributed by atoms with Gasteiger partial charge in [-0.05, 0) is 24.1 Å². The molecule has 1 atom stereocenters. The molecule has 0 spiro atoms. The molecule has 0 aliphatic heterocycles. The molecule has 0 fully saturated rings. The van der Waals surface area contributed by atoms with Crippen LogP contribution in [0.25, 0.3) is 0 Å². The van der Waals surface area contributed by atoms with E-state index in [0.29, 0.717) is 0 Å². The summed E-state index contributed by atoms with van der Waals surface area (Å²) >= 11 is 5.74. The first kappa shape index (κ1) is 15.9. The van der Waals surface area contributed by atoms with Crippen molar-refractivity contribution in [1.29, 1.82) is 5.26 Å². The number of aliphatic hydroxyl groups is 1. The van der Waals surface area contributed by atoms with Gasteiger partial charge in [0.1, 0.15) is 11.0 Å². The highest BCUT2D eigenvalue weighted by molar-refractivity contribution is 7.89. The average Bonchev–Trinajstić information content (AvgIpc) is 2.35. The number of nitrogens with one attached hydrogen (secondary N) is 1. The van der Waals surface area contributed by atoms with Gasteiger partial charge in [-0.3, -0.25) is 0 Å². The summed E-state index contributed by atoms with van der Waals surface area (Å²) in [7, 11) is -3.87. The van der Waals surface area contributed by atoms with Crippen LogP contribution >= 0.6 is 11.6 Å². The molecule has 0 amide bonds. The van der Waals surface area contributed by atoms with Crippen LogP contribution in [0.4, 0.5) is 0 Å². The van der Waals surface area contributed by atoms with Gasteiger partial charge in [0, 0.05) is 11.6 Å². The summed E-state index contributed by atoms with van der Waals surface area (Å²) in [5.41, 5.74) is 0.0101. The molecule has 1 aromatic carbocycles. The lowest BCUT2D eigenvalue weighted by Gasteiger charge is -2.15. The van der Waals surface area contributed by atoms with Gasteiger partial charge < -0.3 is 5.11 Å². The van der Waals surface area contributed by atoms with Gasteiger partial charge in [0.15, 0.2) is 0 Å². The summed E-state index contributed by atoms with van der Waals surface area (Å²) in [4.78, 5) is -0.182. The van der Waals surface area contributed by atoms with E-state index in [2.05, 4.69) is 4.72 Å². The van der Waals surface area contributed by atoms with E-state index >= 15 is 0 Å². The average molecular weight is 303 g/mol. The number of benzene rings is 1. The van der Waals surface area contributed by atoms with Gasteiger partial charge in [-0.1, -0.05) is 25.4 Å². The molecule has 5 nitrogen and oxygen atoms in total. The molecule has 0 aliphatic carbocycles. The molecule has 1 rings (SSSR count). The van der Waals surface area contributed by atoms with Crippen LogP contribution < -0.4 is 4.72 Å². The Morgan fingerprint density at radius 2 is 2.11 bits per heavy atom. The van der Waals surface area contributed by atoms with Crippen molar-refractivity contribution < 1.29 is 13.5 Å².